The summed E-state index contributed by atoms with van der Waals surface area (Å²) < 4.78 is 35.9. The Labute approximate surface area is 192 Å². The minimum atomic E-state index is -3.05. The van der Waals surface area contributed by atoms with E-state index in [-0.39, 0.29) is 37.9 Å². The zero-order chi connectivity index (χ0) is 22.9. The van der Waals surface area contributed by atoms with E-state index < -0.39 is 23.8 Å². The number of piperidine rings is 1. The number of hydrogen-bond donors (Lipinski definition) is 0. The number of ether oxygens (including phenoxy) is 1. The molecular weight excluding hydrogens is 438 g/mol. The lowest BCUT2D eigenvalue weighted by Gasteiger charge is -2.57. The van der Waals surface area contributed by atoms with Gasteiger partial charge >= 0.3 is 0 Å². The Morgan fingerprint density at radius 3 is 2.41 bits per heavy atom. The Balaban J connectivity index is 1.49. The smallest absolute Gasteiger partial charge is 0.274 e. The molecular formula is C24H29ClF2N2O3. The van der Waals surface area contributed by atoms with Crippen LogP contribution in [0.25, 0.3) is 0 Å². The summed E-state index contributed by atoms with van der Waals surface area (Å²) in [4.78, 5) is 28.0. The monoisotopic (exact) mass is 466 g/mol. The van der Waals surface area contributed by atoms with Crippen LogP contribution < -0.4 is 0 Å². The molecule has 1 spiro atoms. The minimum absolute atomic E-state index is 0.00949. The second-order valence-corrected chi connectivity index (χ2v) is 9.73. The van der Waals surface area contributed by atoms with Crippen molar-refractivity contribution in [1.29, 1.82) is 0 Å². The van der Waals surface area contributed by atoms with Gasteiger partial charge in [-0.3, -0.25) is 9.59 Å². The summed E-state index contributed by atoms with van der Waals surface area (Å²) in [7, 11) is 0. The van der Waals surface area contributed by atoms with E-state index in [0.29, 0.717) is 30.6 Å². The van der Waals surface area contributed by atoms with Gasteiger partial charge in [0.2, 0.25) is 11.8 Å². The molecule has 3 fully saturated rings. The Bertz CT molecular complexity index is 865. The Morgan fingerprint density at radius 1 is 1.16 bits per heavy atom. The van der Waals surface area contributed by atoms with Crippen LogP contribution in [-0.2, 0) is 14.3 Å². The van der Waals surface area contributed by atoms with Crippen LogP contribution in [-0.4, -0.2) is 66.9 Å². The van der Waals surface area contributed by atoms with E-state index >= 15 is 8.78 Å². The largest absolute Gasteiger partial charge is 0.381 e. The first-order valence-corrected chi connectivity index (χ1v) is 11.5. The van der Waals surface area contributed by atoms with Crippen molar-refractivity contribution >= 4 is 23.4 Å². The van der Waals surface area contributed by atoms with Crippen LogP contribution in [0.15, 0.2) is 36.9 Å². The second kappa shape index (κ2) is 9.10. The number of carbonyl (C=O) groups excluding carboxylic acids is 2. The van der Waals surface area contributed by atoms with E-state index in [4.69, 9.17) is 16.3 Å². The molecule has 2 amide bonds. The summed E-state index contributed by atoms with van der Waals surface area (Å²) in [6, 6.07) is 7.11. The van der Waals surface area contributed by atoms with Crippen LogP contribution in [0, 0.1) is 11.3 Å². The number of rotatable bonds is 5. The number of benzene rings is 1. The zero-order valence-corrected chi connectivity index (χ0v) is 18.8. The minimum Gasteiger partial charge on any atom is -0.381 e. The van der Waals surface area contributed by atoms with Gasteiger partial charge in [-0.2, -0.15) is 0 Å². The molecule has 3 saturated heterocycles. The maximum Gasteiger partial charge on any atom is 0.274 e. The molecule has 1 atom stereocenters. The van der Waals surface area contributed by atoms with Crippen molar-refractivity contribution in [2.45, 2.75) is 37.5 Å². The fraction of sp³-hybridized carbons (Fsp3) is 0.583. The third-order valence-electron chi connectivity index (χ3n) is 7.29. The molecule has 0 bridgehead atoms. The number of halogens is 3. The van der Waals surface area contributed by atoms with Gasteiger partial charge < -0.3 is 14.5 Å². The van der Waals surface area contributed by atoms with E-state index in [1.165, 1.54) is 9.80 Å². The van der Waals surface area contributed by atoms with Crippen molar-refractivity contribution < 1.29 is 23.1 Å². The van der Waals surface area contributed by atoms with Crippen LogP contribution >= 0.6 is 11.6 Å². The van der Waals surface area contributed by atoms with Gasteiger partial charge in [0, 0.05) is 37.9 Å². The molecule has 1 aromatic rings. The lowest BCUT2D eigenvalue weighted by Crippen LogP contribution is -2.71. The molecule has 0 unspecified atom stereocenters. The predicted molar refractivity (Wildman–Crippen MR) is 118 cm³/mol. The summed E-state index contributed by atoms with van der Waals surface area (Å²) in [5, 5.41) is 0.570. The van der Waals surface area contributed by atoms with Crippen LogP contribution in [0.1, 0.15) is 37.2 Å². The average molecular weight is 467 g/mol. The fourth-order valence-corrected chi connectivity index (χ4v) is 5.30. The molecule has 174 valence electrons. The van der Waals surface area contributed by atoms with E-state index in [9.17, 15) is 9.59 Å². The quantitative estimate of drug-likeness (QED) is 0.613. The van der Waals surface area contributed by atoms with Crippen LogP contribution in [0.4, 0.5) is 8.78 Å². The molecule has 32 heavy (non-hydrogen) atoms. The fourth-order valence-electron chi connectivity index (χ4n) is 5.18. The highest BCUT2D eigenvalue weighted by Crippen LogP contribution is 2.50. The number of nitrogens with zero attached hydrogens (tertiary/aromatic N) is 2. The van der Waals surface area contributed by atoms with Crippen LogP contribution in [0.5, 0.6) is 0 Å². The number of alkyl halides is 2. The molecule has 1 aromatic carbocycles. The topological polar surface area (TPSA) is 49.9 Å². The number of amides is 2. The molecule has 4 rings (SSSR count). The number of hydrogen-bond acceptors (Lipinski definition) is 3. The highest BCUT2D eigenvalue weighted by molar-refractivity contribution is 6.30. The second-order valence-electron chi connectivity index (χ2n) is 9.29. The summed E-state index contributed by atoms with van der Waals surface area (Å²) in [5.41, 5.74) is -0.445. The van der Waals surface area contributed by atoms with Crippen molar-refractivity contribution in [3.63, 3.8) is 0 Å². The Kier molecular flexibility index (Phi) is 6.59. The highest BCUT2D eigenvalue weighted by Gasteiger charge is 2.63. The Hall–Kier alpha value is -1.99. The zero-order valence-electron chi connectivity index (χ0n) is 18.1. The van der Waals surface area contributed by atoms with Gasteiger partial charge in [0.05, 0.1) is 17.9 Å². The maximum absolute atomic E-state index is 15.2. The van der Waals surface area contributed by atoms with Crippen LogP contribution in [0.2, 0.25) is 5.02 Å². The molecule has 0 radical (unpaired) electrons. The summed E-state index contributed by atoms with van der Waals surface area (Å²) in [6.45, 7) is 4.42. The normalized spacial score (nSPS) is 23.5. The number of likely N-dealkylation sites (tertiary alicyclic amines) is 2. The molecule has 0 N–H and O–H groups in total. The van der Waals surface area contributed by atoms with E-state index in [0.717, 1.165) is 24.5 Å². The average Bonchev–Trinajstić information content (AvgIpc) is 2.76. The highest BCUT2D eigenvalue weighted by atomic mass is 35.5. The molecule has 5 nitrogen and oxygen atoms in total. The number of carbonyl (C=O) groups is 2. The van der Waals surface area contributed by atoms with Gasteiger partial charge in [0.1, 0.15) is 0 Å². The van der Waals surface area contributed by atoms with Gasteiger partial charge in [0.15, 0.2) is 0 Å². The molecule has 0 aromatic heterocycles. The van der Waals surface area contributed by atoms with Crippen LogP contribution in [0.3, 0.4) is 0 Å². The summed E-state index contributed by atoms with van der Waals surface area (Å²) in [6.07, 6.45) is 3.67. The van der Waals surface area contributed by atoms with E-state index in [1.807, 2.05) is 12.1 Å². The Morgan fingerprint density at radius 2 is 1.81 bits per heavy atom. The van der Waals surface area contributed by atoms with Crippen molar-refractivity contribution in [3.8, 4) is 0 Å². The third kappa shape index (κ3) is 4.42. The molecule has 0 aliphatic carbocycles. The SMILES string of the molecule is C=CC(=O)N1CC2(CCN(C(=O)[C@@H](CC3CCOCC3)c3ccc(Cl)cc3)CC2(F)F)C1. The predicted octanol–water partition coefficient (Wildman–Crippen LogP) is 4.12. The molecule has 8 heteroatoms. The lowest BCUT2D eigenvalue weighted by atomic mass is 9.68. The molecule has 0 saturated carbocycles. The molecule has 3 aliphatic heterocycles. The van der Waals surface area contributed by atoms with Gasteiger partial charge in [0.25, 0.3) is 5.92 Å². The first-order chi connectivity index (χ1) is 15.2. The third-order valence-corrected chi connectivity index (χ3v) is 7.54. The van der Waals surface area contributed by atoms with Gasteiger partial charge in [-0.25, -0.2) is 8.78 Å². The van der Waals surface area contributed by atoms with E-state index in [1.54, 1.807) is 12.1 Å². The molecule has 3 heterocycles. The first-order valence-electron chi connectivity index (χ1n) is 11.2. The lowest BCUT2D eigenvalue weighted by molar-refractivity contribution is -0.223. The van der Waals surface area contributed by atoms with Gasteiger partial charge in [-0.1, -0.05) is 30.3 Å². The summed E-state index contributed by atoms with van der Waals surface area (Å²) >= 11 is 6.03. The standard InChI is InChI=1S/C24H29ClF2N2O3/c1-2-21(30)29-14-23(15-29)9-10-28(16-24(23,26)27)22(31)20(13-17-7-11-32-12-8-17)18-3-5-19(25)6-4-18/h2-6,17,20H,1,7-16H2/t20-/m0/s1. The van der Waals surface area contributed by atoms with Crippen molar-refractivity contribution in [1.82, 2.24) is 9.80 Å². The van der Waals surface area contributed by atoms with Crippen molar-refractivity contribution in [3.05, 3.63) is 47.5 Å². The molecule has 3 aliphatic rings. The summed E-state index contributed by atoms with van der Waals surface area (Å²) in [5.74, 6) is -3.81. The van der Waals surface area contributed by atoms with Crippen molar-refractivity contribution in [2.24, 2.45) is 11.3 Å². The van der Waals surface area contributed by atoms with Gasteiger partial charge in [-0.15, -0.1) is 0 Å². The maximum atomic E-state index is 15.2. The first kappa shape index (κ1) is 23.2. The van der Waals surface area contributed by atoms with Gasteiger partial charge in [-0.05, 0) is 55.4 Å². The van der Waals surface area contributed by atoms with E-state index in [2.05, 4.69) is 6.58 Å². The van der Waals surface area contributed by atoms with Crippen molar-refractivity contribution in [2.75, 3.05) is 39.4 Å².